The highest BCUT2D eigenvalue weighted by Crippen LogP contribution is 2.43. The fourth-order valence-electron chi connectivity index (χ4n) is 7.99. The number of hydrogen-bond acceptors (Lipinski definition) is 14. The summed E-state index contributed by atoms with van der Waals surface area (Å²) >= 11 is 4.57. The Hall–Kier alpha value is -3.81. The van der Waals surface area contributed by atoms with Crippen LogP contribution in [0.5, 0.6) is 0 Å². The van der Waals surface area contributed by atoms with Crippen LogP contribution in [0.25, 0.3) is 22.1 Å². The Morgan fingerprint density at radius 3 is 1.63 bits per heavy atom. The minimum atomic E-state index is -2.22. The second kappa shape index (κ2) is 20.8. The van der Waals surface area contributed by atoms with Gasteiger partial charge >= 0.3 is 0 Å². The third-order valence-electron chi connectivity index (χ3n) is 14.2. The monoisotopic (exact) mass is 1230 g/mol. The first kappa shape index (κ1) is 53.5. The van der Waals surface area contributed by atoms with Crippen LogP contribution in [0, 0.1) is 7.14 Å². The van der Waals surface area contributed by atoms with Crippen molar-refractivity contribution in [3.8, 4) is 0 Å². The van der Waals surface area contributed by atoms with E-state index in [0.29, 0.717) is 47.9 Å². The van der Waals surface area contributed by atoms with Crippen molar-refractivity contribution < 1.29 is 37.5 Å². The standard InChI is InChI=1S/C48H65I2N11O8Si2/c1-47(2,3)70(10,11)65-22-35-33(18-37(67-35)59-20-31(49)39-41(55-26-57(7)8)51-24-53-43(39)59)64-28-58(9)27-56-42-40-32(50)21-60(44(40)54-25-52-42)38-19-34(36(68-38)23-66-71(12,13)48(4,5)6)69-61-45(62)29-16-14-15-17-30(29)46(61)63/h14-17,20-21,24-27,33-38H,18-19,22-23,28H2,1-13H3/t33-,34?,35-,36-,37-,38-/m1/s1. The molecule has 19 nitrogen and oxygen atoms in total. The Balaban J connectivity index is 0.992. The predicted octanol–water partition coefficient (Wildman–Crippen LogP) is 9.46. The average molecular weight is 1230 g/mol. The molecule has 0 saturated carbocycles. The first-order chi connectivity index (χ1) is 33.3. The number of carbonyl (C=O) groups is 2. The van der Waals surface area contributed by atoms with Gasteiger partial charge in [-0.25, -0.2) is 29.9 Å². The summed E-state index contributed by atoms with van der Waals surface area (Å²) in [6.07, 6.45) is 8.44. The summed E-state index contributed by atoms with van der Waals surface area (Å²) in [6, 6.07) is 6.73. The van der Waals surface area contributed by atoms with Crippen molar-refractivity contribution in [1.29, 1.82) is 0 Å². The molecule has 1 unspecified atom stereocenters. The summed E-state index contributed by atoms with van der Waals surface area (Å²) in [5, 5.41) is 2.43. The molecule has 2 saturated heterocycles. The summed E-state index contributed by atoms with van der Waals surface area (Å²) in [6.45, 7) is 22.9. The van der Waals surface area contributed by atoms with E-state index in [1.54, 1.807) is 36.9 Å². The molecule has 0 aliphatic carbocycles. The molecule has 0 spiro atoms. The van der Waals surface area contributed by atoms with Crippen LogP contribution < -0.4 is 0 Å². The fourth-order valence-corrected chi connectivity index (χ4v) is 11.6. The highest BCUT2D eigenvalue weighted by molar-refractivity contribution is 14.1. The second-order valence-electron chi connectivity index (χ2n) is 21.6. The van der Waals surface area contributed by atoms with E-state index in [2.05, 4.69) is 137 Å². The third kappa shape index (κ3) is 11.2. The van der Waals surface area contributed by atoms with E-state index in [-0.39, 0.29) is 41.9 Å². The molecule has 3 aliphatic heterocycles. The maximum absolute atomic E-state index is 13.4. The van der Waals surface area contributed by atoms with E-state index in [1.807, 2.05) is 47.9 Å². The molecule has 382 valence electrons. The van der Waals surface area contributed by atoms with E-state index in [0.717, 1.165) is 28.6 Å². The van der Waals surface area contributed by atoms with Gasteiger partial charge in [-0.3, -0.25) is 14.4 Å². The molecule has 4 aromatic heterocycles. The number of rotatable bonds is 17. The quantitative estimate of drug-likeness (QED) is 0.0214. The Labute approximate surface area is 444 Å². The topological polar surface area (TPSA) is 185 Å². The summed E-state index contributed by atoms with van der Waals surface area (Å²) in [4.78, 5) is 64.8. The van der Waals surface area contributed by atoms with Gasteiger partial charge in [-0.2, -0.15) is 0 Å². The van der Waals surface area contributed by atoms with Gasteiger partial charge < -0.3 is 42.0 Å². The highest BCUT2D eigenvalue weighted by Gasteiger charge is 2.47. The Morgan fingerprint density at radius 1 is 0.718 bits per heavy atom. The number of halogens is 2. The molecule has 2 amide bonds. The first-order valence-corrected chi connectivity index (χ1v) is 31.6. The smallest absolute Gasteiger partial charge is 0.285 e. The van der Waals surface area contributed by atoms with Gasteiger partial charge in [0.2, 0.25) is 0 Å². The van der Waals surface area contributed by atoms with E-state index >= 15 is 0 Å². The number of carbonyl (C=O) groups excluding carboxylic acids is 2. The van der Waals surface area contributed by atoms with Gasteiger partial charge in [0.25, 0.3) is 11.8 Å². The predicted molar refractivity (Wildman–Crippen MR) is 293 cm³/mol. The fraction of sp³-hybridized carbons (Fsp3) is 0.542. The molecular weight excluding hydrogens is 1170 g/mol. The van der Waals surface area contributed by atoms with Crippen molar-refractivity contribution in [3.63, 3.8) is 0 Å². The van der Waals surface area contributed by atoms with Crippen LogP contribution in [0.4, 0.5) is 11.6 Å². The molecule has 6 atom stereocenters. The highest BCUT2D eigenvalue weighted by atomic mass is 127. The zero-order valence-corrected chi connectivity index (χ0v) is 49.0. The molecular formula is C48H65I2N11O8Si2. The zero-order valence-electron chi connectivity index (χ0n) is 42.7. The van der Waals surface area contributed by atoms with Crippen molar-refractivity contribution in [1.82, 2.24) is 43.9 Å². The normalized spacial score (nSPS) is 22.4. The van der Waals surface area contributed by atoms with Crippen molar-refractivity contribution >= 4 is 120 Å². The van der Waals surface area contributed by atoms with Gasteiger partial charge in [0.1, 0.15) is 61.4 Å². The van der Waals surface area contributed by atoms with E-state index in [4.69, 9.17) is 37.9 Å². The van der Waals surface area contributed by atoms with Gasteiger partial charge in [0, 0.05) is 53.5 Å². The maximum atomic E-state index is 13.4. The summed E-state index contributed by atoms with van der Waals surface area (Å²) < 4.78 is 39.4. The molecule has 71 heavy (non-hydrogen) atoms. The summed E-state index contributed by atoms with van der Waals surface area (Å²) in [5.74, 6) is 0.0532. The number of hydrogen-bond donors (Lipinski definition) is 0. The first-order valence-electron chi connectivity index (χ1n) is 23.7. The van der Waals surface area contributed by atoms with Gasteiger partial charge in [0.15, 0.2) is 28.3 Å². The lowest BCUT2D eigenvalue weighted by Crippen LogP contribution is -2.45. The van der Waals surface area contributed by atoms with Gasteiger partial charge in [-0.1, -0.05) is 53.7 Å². The number of benzene rings is 1. The lowest BCUT2D eigenvalue weighted by Gasteiger charge is -2.37. The zero-order chi connectivity index (χ0) is 51.4. The van der Waals surface area contributed by atoms with E-state index < -0.39 is 46.9 Å². The van der Waals surface area contributed by atoms with E-state index in [9.17, 15) is 9.59 Å². The number of aromatic nitrogens is 6. The number of aliphatic imine (C=N–C) groups is 2. The van der Waals surface area contributed by atoms with Crippen LogP contribution in [-0.4, -0.2) is 151 Å². The number of ether oxygens (including phenoxy) is 3. The molecule has 1 aromatic carbocycles. The van der Waals surface area contributed by atoms with Crippen molar-refractivity contribution in [2.45, 2.75) is 128 Å². The lowest BCUT2D eigenvalue weighted by atomic mass is 10.1. The van der Waals surface area contributed by atoms with Gasteiger partial charge in [-0.15, -0.1) is 5.06 Å². The maximum Gasteiger partial charge on any atom is 0.285 e. The summed E-state index contributed by atoms with van der Waals surface area (Å²) in [5.41, 5.74) is 1.96. The van der Waals surface area contributed by atoms with Crippen molar-refractivity contribution in [2.75, 3.05) is 41.1 Å². The Kier molecular flexibility index (Phi) is 15.7. The third-order valence-corrected chi connectivity index (χ3v) is 24.8. The van der Waals surface area contributed by atoms with Crippen LogP contribution in [-0.2, 0) is 27.9 Å². The van der Waals surface area contributed by atoms with Crippen LogP contribution in [0.3, 0.4) is 0 Å². The van der Waals surface area contributed by atoms with Gasteiger partial charge in [0.05, 0.1) is 53.9 Å². The van der Waals surface area contributed by atoms with E-state index in [1.165, 1.54) is 12.7 Å². The number of nitrogens with zero attached hydrogens (tertiary/aromatic N) is 11. The van der Waals surface area contributed by atoms with Crippen LogP contribution in [0.2, 0.25) is 36.3 Å². The van der Waals surface area contributed by atoms with Crippen molar-refractivity contribution in [2.24, 2.45) is 9.98 Å². The molecule has 8 rings (SSSR count). The molecule has 5 aromatic rings. The molecule has 0 N–H and O–H groups in total. The van der Waals surface area contributed by atoms with Gasteiger partial charge in [-0.05, 0) is 93.6 Å². The number of hydroxylamine groups is 2. The second-order valence-corrected chi connectivity index (χ2v) is 33.5. The van der Waals surface area contributed by atoms with Crippen LogP contribution >= 0.6 is 45.2 Å². The summed E-state index contributed by atoms with van der Waals surface area (Å²) in [7, 11) is 1.39. The minimum Gasteiger partial charge on any atom is -0.414 e. The SMILES string of the molecule is CN(C)C=Nc1ncnc2c1c(I)cn2[C@H]1C[C@@H](OCN(C)C=Nc2ncnc3c2c(I)cn3[C@H]2CC(ON3C(=O)c4ccccc4C3=O)[C@@H](CO[Si](C)(C)C(C)(C)C)O2)[C@@H](CO[Si](C)(C)C(C)(C)C)O1. The van der Waals surface area contributed by atoms with Crippen molar-refractivity contribution in [3.05, 3.63) is 67.6 Å². The Bertz CT molecular complexity index is 2810. The lowest BCUT2D eigenvalue weighted by molar-refractivity contribution is -0.154. The molecule has 0 radical (unpaired) electrons. The number of fused-ring (bicyclic) bond motifs is 3. The molecule has 3 aliphatic rings. The van der Waals surface area contributed by atoms with Crippen LogP contribution in [0.15, 0.2) is 59.3 Å². The largest absolute Gasteiger partial charge is 0.414 e. The molecule has 0 bridgehead atoms. The van der Waals surface area contributed by atoms with Crippen LogP contribution in [0.1, 0.15) is 87.6 Å². The molecule has 2 fully saturated rings. The Morgan fingerprint density at radius 2 is 1.17 bits per heavy atom. The minimum absolute atomic E-state index is 0.0177. The number of amides is 2. The molecule has 23 heteroatoms. The average Bonchev–Trinajstić information content (AvgIpc) is 4.12. The molecule has 7 heterocycles. The number of imide groups is 1.